The smallest absolute Gasteiger partial charge is 0.337 e. The average molecular weight is 786 g/mol. The topological polar surface area (TPSA) is 92.5 Å². The molecular formula is C43H56ClN5O5Si. The van der Waals surface area contributed by atoms with Gasteiger partial charge in [0.25, 0.3) is 0 Å². The number of ether oxygens (including phenoxy) is 3. The molecular weight excluding hydrogens is 730 g/mol. The normalized spacial score (nSPS) is 19.7. The molecule has 294 valence electrons. The lowest BCUT2D eigenvalue weighted by molar-refractivity contribution is -0.00391. The molecule has 3 aliphatic rings. The Morgan fingerprint density at radius 3 is 2.51 bits per heavy atom. The Balaban J connectivity index is 1.09. The molecule has 2 aromatic carbocycles. The zero-order valence-electron chi connectivity index (χ0n) is 33.1. The summed E-state index contributed by atoms with van der Waals surface area (Å²) in [5, 5.41) is 12.1. The first-order valence-corrected chi connectivity index (χ1v) is 23.8. The Morgan fingerprint density at radius 1 is 1.00 bits per heavy atom. The zero-order chi connectivity index (χ0) is 38.7. The third-order valence-electron chi connectivity index (χ3n) is 11.5. The molecule has 2 aliphatic heterocycles. The van der Waals surface area contributed by atoms with Crippen LogP contribution < -0.4 is 14.5 Å². The van der Waals surface area contributed by atoms with Gasteiger partial charge in [-0.3, -0.25) is 4.90 Å². The Kier molecular flexibility index (Phi) is 11.9. The lowest BCUT2D eigenvalue weighted by atomic mass is 9.79. The maximum absolute atomic E-state index is 12.7. The molecule has 4 aromatic rings. The molecule has 2 aromatic heterocycles. The van der Waals surface area contributed by atoms with E-state index in [0.29, 0.717) is 37.9 Å². The van der Waals surface area contributed by atoms with Gasteiger partial charge in [0, 0.05) is 89.9 Å². The number of benzene rings is 2. The molecule has 1 atom stereocenters. The Hall–Kier alpha value is -3.87. The van der Waals surface area contributed by atoms with Crippen molar-refractivity contribution in [1.29, 1.82) is 0 Å². The van der Waals surface area contributed by atoms with E-state index < -0.39 is 14.0 Å². The van der Waals surface area contributed by atoms with E-state index in [1.165, 1.54) is 16.7 Å². The third kappa shape index (κ3) is 9.23. The highest BCUT2D eigenvalue weighted by Gasteiger charge is 2.33. The van der Waals surface area contributed by atoms with Gasteiger partial charge in [0.15, 0.2) is 0 Å². The summed E-state index contributed by atoms with van der Waals surface area (Å²) in [6, 6.07) is 19.3. The first-order chi connectivity index (χ1) is 26.4. The molecule has 0 spiro atoms. The summed E-state index contributed by atoms with van der Waals surface area (Å²) in [7, 11) is 0.684. The monoisotopic (exact) mass is 785 g/mol. The zero-order valence-corrected chi connectivity index (χ0v) is 34.8. The maximum atomic E-state index is 12.7. The Labute approximate surface area is 331 Å². The Bertz CT molecular complexity index is 2020. The molecule has 12 heteroatoms. The first-order valence-electron chi connectivity index (χ1n) is 19.7. The standard InChI is InChI=1S/C43H56ClN5O5Si/c1-43(52-2)15-13-36(31-7-9-34(44)10-8-31)33(29-43)30-46-18-20-47(21-19-46)35-11-12-37(42(50)51)38(28-35)49-16-6-23-54-41-39(49)27-32-14-17-48(40(32)45-41)22-24-53-25-26-55(3,4)5/h7-12,14,17,27-28H,6,13,15-16,18-26,29-30H2,1-5H3,(H,50,51). The van der Waals surface area contributed by atoms with Crippen LogP contribution in [0.2, 0.25) is 30.7 Å². The summed E-state index contributed by atoms with van der Waals surface area (Å²) < 4.78 is 20.3. The number of anilines is 3. The van der Waals surface area contributed by atoms with Crippen LogP contribution in [-0.4, -0.2) is 105 Å². The fraction of sp³-hybridized carbons (Fsp3) is 0.488. The predicted molar refractivity (Wildman–Crippen MR) is 226 cm³/mol. The van der Waals surface area contributed by atoms with Crippen LogP contribution in [-0.2, 0) is 16.0 Å². The van der Waals surface area contributed by atoms with Gasteiger partial charge < -0.3 is 33.7 Å². The molecule has 1 unspecified atom stereocenters. The van der Waals surface area contributed by atoms with Gasteiger partial charge in [-0.15, -0.1) is 0 Å². The van der Waals surface area contributed by atoms with Crippen molar-refractivity contribution in [1.82, 2.24) is 14.5 Å². The molecule has 55 heavy (non-hydrogen) atoms. The van der Waals surface area contributed by atoms with Gasteiger partial charge in [0.05, 0.1) is 30.1 Å². The number of fused-ring (bicyclic) bond motifs is 2. The van der Waals surface area contributed by atoms with Crippen LogP contribution >= 0.6 is 11.6 Å². The molecule has 1 N–H and O–H groups in total. The largest absolute Gasteiger partial charge is 0.478 e. The second kappa shape index (κ2) is 16.7. The average Bonchev–Trinajstić information content (AvgIpc) is 3.43. The van der Waals surface area contributed by atoms with Gasteiger partial charge >= 0.3 is 5.97 Å². The first kappa shape index (κ1) is 39.4. The molecule has 0 saturated carbocycles. The molecule has 1 fully saturated rings. The molecule has 1 aliphatic carbocycles. The Morgan fingerprint density at radius 2 is 1.78 bits per heavy atom. The van der Waals surface area contributed by atoms with Crippen molar-refractivity contribution >= 4 is 59.3 Å². The number of carbonyl (C=O) groups is 1. The van der Waals surface area contributed by atoms with Crippen molar-refractivity contribution < 1.29 is 24.1 Å². The van der Waals surface area contributed by atoms with Crippen LogP contribution in [0.15, 0.2) is 66.4 Å². The van der Waals surface area contributed by atoms with Gasteiger partial charge in [-0.1, -0.05) is 43.4 Å². The van der Waals surface area contributed by atoms with E-state index >= 15 is 0 Å². The minimum absolute atomic E-state index is 0.167. The van der Waals surface area contributed by atoms with E-state index in [0.717, 1.165) is 98.5 Å². The summed E-state index contributed by atoms with van der Waals surface area (Å²) in [5.74, 6) is -0.424. The second-order valence-electron chi connectivity index (χ2n) is 16.7. The van der Waals surface area contributed by atoms with Gasteiger partial charge in [-0.2, -0.15) is 4.98 Å². The lowest BCUT2D eigenvalue weighted by Gasteiger charge is -2.40. The number of hydrogen-bond acceptors (Lipinski definition) is 8. The van der Waals surface area contributed by atoms with Gasteiger partial charge in [-0.05, 0) is 97.8 Å². The number of methoxy groups -OCH3 is 1. The van der Waals surface area contributed by atoms with E-state index in [1.807, 2.05) is 37.6 Å². The minimum Gasteiger partial charge on any atom is -0.478 e. The number of piperazine rings is 1. The number of hydrogen-bond donors (Lipinski definition) is 1. The highest BCUT2D eigenvalue weighted by Crippen LogP contribution is 2.42. The van der Waals surface area contributed by atoms with Gasteiger partial charge in [0.1, 0.15) is 11.3 Å². The second-order valence-corrected chi connectivity index (χ2v) is 22.8. The number of carboxylic acid groups (broad SMARTS) is 1. The summed E-state index contributed by atoms with van der Waals surface area (Å²) >= 11 is 6.24. The third-order valence-corrected chi connectivity index (χ3v) is 13.4. The van der Waals surface area contributed by atoms with Crippen LogP contribution in [0.25, 0.3) is 16.6 Å². The molecule has 0 bridgehead atoms. The summed E-state index contributed by atoms with van der Waals surface area (Å²) in [6.45, 7) is 16.9. The van der Waals surface area contributed by atoms with Crippen molar-refractivity contribution in [3.8, 4) is 5.88 Å². The van der Waals surface area contributed by atoms with Crippen molar-refractivity contribution in [2.45, 2.75) is 70.4 Å². The predicted octanol–water partition coefficient (Wildman–Crippen LogP) is 8.83. The number of carboxylic acids is 1. The number of aromatic nitrogens is 2. The highest BCUT2D eigenvalue weighted by molar-refractivity contribution is 6.76. The van der Waals surface area contributed by atoms with Crippen LogP contribution in [0.4, 0.5) is 17.1 Å². The summed E-state index contributed by atoms with van der Waals surface area (Å²) in [6.07, 6.45) is 5.66. The quantitative estimate of drug-likeness (QED) is 0.106. The van der Waals surface area contributed by atoms with Crippen molar-refractivity contribution in [2.75, 3.05) is 76.0 Å². The van der Waals surface area contributed by atoms with E-state index in [9.17, 15) is 9.90 Å². The minimum atomic E-state index is -1.14. The van der Waals surface area contributed by atoms with Crippen molar-refractivity contribution in [2.24, 2.45) is 0 Å². The van der Waals surface area contributed by atoms with E-state index in [4.69, 9.17) is 30.8 Å². The van der Waals surface area contributed by atoms with Crippen molar-refractivity contribution in [3.05, 3.63) is 82.5 Å². The van der Waals surface area contributed by atoms with E-state index in [1.54, 1.807) is 6.07 Å². The van der Waals surface area contributed by atoms with Crippen LogP contribution in [0, 0.1) is 0 Å². The summed E-state index contributed by atoms with van der Waals surface area (Å²) in [5.41, 5.74) is 7.51. The number of nitrogens with zero attached hydrogens (tertiary/aromatic N) is 5. The molecule has 7 rings (SSSR count). The molecule has 0 amide bonds. The SMILES string of the molecule is COC1(C)CCC(c2ccc(Cl)cc2)=C(CN2CCN(c3ccc(C(=O)O)c(N4CCCOc5nc6c(ccn6CCOCC[Si](C)(C)C)cc54)c3)CC2)C1. The van der Waals surface area contributed by atoms with Crippen LogP contribution in [0.1, 0.15) is 48.5 Å². The van der Waals surface area contributed by atoms with E-state index in [-0.39, 0.29) is 11.2 Å². The summed E-state index contributed by atoms with van der Waals surface area (Å²) in [4.78, 5) is 24.7. The van der Waals surface area contributed by atoms with Crippen LogP contribution in [0.5, 0.6) is 5.88 Å². The molecule has 0 radical (unpaired) electrons. The van der Waals surface area contributed by atoms with Crippen molar-refractivity contribution in [3.63, 3.8) is 0 Å². The fourth-order valence-corrected chi connectivity index (χ4v) is 8.95. The number of rotatable bonds is 13. The number of aromatic carboxylic acids is 1. The van der Waals surface area contributed by atoms with Gasteiger partial charge in [0.2, 0.25) is 5.88 Å². The highest BCUT2D eigenvalue weighted by atomic mass is 35.5. The number of allylic oxidation sites excluding steroid dienone is 1. The van der Waals surface area contributed by atoms with Gasteiger partial charge in [-0.25, -0.2) is 4.79 Å². The number of pyridine rings is 1. The van der Waals surface area contributed by atoms with E-state index in [2.05, 4.69) is 70.1 Å². The fourth-order valence-electron chi connectivity index (χ4n) is 8.06. The maximum Gasteiger partial charge on any atom is 0.337 e. The molecule has 4 heterocycles. The number of halogens is 1. The van der Waals surface area contributed by atoms with Crippen LogP contribution in [0.3, 0.4) is 0 Å². The molecule has 10 nitrogen and oxygen atoms in total. The lowest BCUT2D eigenvalue weighted by Crippen LogP contribution is -2.47. The molecule has 1 saturated heterocycles.